The van der Waals surface area contributed by atoms with Crippen LogP contribution < -0.4 is 16.7 Å². The van der Waals surface area contributed by atoms with Crippen molar-refractivity contribution in [2.45, 2.75) is 13.0 Å². The van der Waals surface area contributed by atoms with E-state index in [0.717, 1.165) is 10.4 Å². The fourth-order valence-electron chi connectivity index (χ4n) is 2.33. The van der Waals surface area contributed by atoms with E-state index in [1.54, 1.807) is 30.3 Å². The molecule has 0 spiro atoms. The van der Waals surface area contributed by atoms with Gasteiger partial charge in [0.2, 0.25) is 0 Å². The number of hydrogen-bond acceptors (Lipinski definition) is 4. The number of halogens is 1. The highest BCUT2D eigenvalue weighted by molar-refractivity contribution is 6.30. The van der Waals surface area contributed by atoms with Crippen LogP contribution in [0.5, 0.6) is 0 Å². The van der Waals surface area contributed by atoms with Crippen LogP contribution in [0.3, 0.4) is 0 Å². The number of nitrogens with zero attached hydrogens (tertiary/aromatic N) is 2. The van der Waals surface area contributed by atoms with E-state index in [1.165, 1.54) is 0 Å². The molecule has 0 amide bonds. The van der Waals surface area contributed by atoms with Gasteiger partial charge in [-0.25, -0.2) is 9.66 Å². The quantitative estimate of drug-likeness (QED) is 0.729. The number of benzene rings is 2. The first kappa shape index (κ1) is 14.4. The average molecular weight is 315 g/mol. The minimum atomic E-state index is -0.259. The Morgan fingerprint density at radius 3 is 2.59 bits per heavy atom. The van der Waals surface area contributed by atoms with Gasteiger partial charge in [0.05, 0.1) is 16.9 Å². The second-order valence-electron chi connectivity index (χ2n) is 5.04. The van der Waals surface area contributed by atoms with E-state index < -0.39 is 0 Å². The predicted molar refractivity (Wildman–Crippen MR) is 89.6 cm³/mol. The van der Waals surface area contributed by atoms with E-state index in [4.69, 9.17) is 17.4 Å². The molecule has 22 heavy (non-hydrogen) atoms. The maximum atomic E-state index is 12.3. The standard InChI is InChI=1S/C16H15ClN4O/c1-10(19-12-8-6-11(17)7-9-12)15-20-14-5-3-2-4-13(14)16(22)21(15)18/h2-10,19H,18H2,1H3. The first-order chi connectivity index (χ1) is 10.6. The zero-order chi connectivity index (χ0) is 15.7. The van der Waals surface area contributed by atoms with Crippen molar-refractivity contribution in [1.29, 1.82) is 0 Å². The van der Waals surface area contributed by atoms with Crippen molar-refractivity contribution in [1.82, 2.24) is 9.66 Å². The molecule has 5 nitrogen and oxygen atoms in total. The SMILES string of the molecule is CC(Nc1ccc(Cl)cc1)c1nc2ccccc2c(=O)n1N. The van der Waals surface area contributed by atoms with Crippen molar-refractivity contribution >= 4 is 28.2 Å². The van der Waals surface area contributed by atoms with Crippen LogP contribution in [-0.2, 0) is 0 Å². The van der Waals surface area contributed by atoms with Crippen LogP contribution in [-0.4, -0.2) is 9.66 Å². The molecule has 0 saturated heterocycles. The van der Waals surface area contributed by atoms with Gasteiger partial charge in [-0.1, -0.05) is 23.7 Å². The van der Waals surface area contributed by atoms with Gasteiger partial charge in [-0.05, 0) is 43.3 Å². The predicted octanol–water partition coefficient (Wildman–Crippen LogP) is 2.94. The molecule has 3 rings (SSSR count). The largest absolute Gasteiger partial charge is 0.375 e. The lowest BCUT2D eigenvalue weighted by atomic mass is 10.2. The van der Waals surface area contributed by atoms with E-state index in [0.29, 0.717) is 21.7 Å². The third-order valence-corrected chi connectivity index (χ3v) is 3.70. The second kappa shape index (κ2) is 5.69. The molecule has 1 heterocycles. The van der Waals surface area contributed by atoms with E-state index >= 15 is 0 Å². The van der Waals surface area contributed by atoms with E-state index in [1.807, 2.05) is 25.1 Å². The van der Waals surface area contributed by atoms with E-state index in [2.05, 4.69) is 10.3 Å². The summed E-state index contributed by atoms with van der Waals surface area (Å²) in [6, 6.07) is 14.2. The van der Waals surface area contributed by atoms with Gasteiger partial charge in [-0.2, -0.15) is 0 Å². The third kappa shape index (κ3) is 2.63. The molecule has 1 atom stereocenters. The number of rotatable bonds is 3. The molecular formula is C16H15ClN4O. The maximum absolute atomic E-state index is 12.3. The molecule has 3 N–H and O–H groups in total. The van der Waals surface area contributed by atoms with Gasteiger partial charge in [0.1, 0.15) is 0 Å². The van der Waals surface area contributed by atoms with Crippen LogP contribution in [0.4, 0.5) is 5.69 Å². The Balaban J connectivity index is 2.00. The Morgan fingerprint density at radius 2 is 1.86 bits per heavy atom. The van der Waals surface area contributed by atoms with Crippen LogP contribution >= 0.6 is 11.6 Å². The number of nitrogen functional groups attached to an aromatic ring is 1. The Hall–Kier alpha value is -2.53. The van der Waals surface area contributed by atoms with Gasteiger partial charge in [0.15, 0.2) is 5.82 Å². The molecule has 3 aromatic rings. The van der Waals surface area contributed by atoms with Gasteiger partial charge in [-0.3, -0.25) is 4.79 Å². The number of para-hydroxylation sites is 1. The first-order valence-corrected chi connectivity index (χ1v) is 7.23. The normalized spacial score (nSPS) is 12.3. The molecule has 2 aromatic carbocycles. The van der Waals surface area contributed by atoms with Crippen molar-refractivity contribution < 1.29 is 0 Å². The highest BCUT2D eigenvalue weighted by Crippen LogP contribution is 2.19. The first-order valence-electron chi connectivity index (χ1n) is 6.85. The molecule has 112 valence electrons. The fourth-order valence-corrected chi connectivity index (χ4v) is 2.46. The Labute approximate surface area is 132 Å². The molecule has 1 aromatic heterocycles. The Kier molecular flexibility index (Phi) is 3.73. The van der Waals surface area contributed by atoms with Crippen molar-refractivity contribution in [3.05, 3.63) is 69.7 Å². The summed E-state index contributed by atoms with van der Waals surface area (Å²) in [5, 5.41) is 4.43. The summed E-state index contributed by atoms with van der Waals surface area (Å²) in [7, 11) is 0. The van der Waals surface area contributed by atoms with Crippen molar-refractivity contribution in [2.75, 3.05) is 11.2 Å². The number of fused-ring (bicyclic) bond motifs is 1. The topological polar surface area (TPSA) is 72.9 Å². The molecule has 0 aliphatic carbocycles. The molecule has 0 radical (unpaired) electrons. The summed E-state index contributed by atoms with van der Waals surface area (Å²) < 4.78 is 1.09. The fraction of sp³-hybridized carbons (Fsp3) is 0.125. The van der Waals surface area contributed by atoms with Crippen LogP contribution in [0.25, 0.3) is 10.9 Å². The summed E-state index contributed by atoms with van der Waals surface area (Å²) in [5.41, 5.74) is 1.25. The molecule has 1 unspecified atom stereocenters. The average Bonchev–Trinajstić information content (AvgIpc) is 2.53. The maximum Gasteiger partial charge on any atom is 0.279 e. The second-order valence-corrected chi connectivity index (χ2v) is 5.47. The third-order valence-electron chi connectivity index (χ3n) is 3.45. The molecule has 0 aliphatic heterocycles. The highest BCUT2D eigenvalue weighted by atomic mass is 35.5. The van der Waals surface area contributed by atoms with Crippen LogP contribution in [0.2, 0.25) is 5.02 Å². The summed E-state index contributed by atoms with van der Waals surface area (Å²) >= 11 is 5.87. The minimum absolute atomic E-state index is 0.233. The van der Waals surface area contributed by atoms with Gasteiger partial charge < -0.3 is 11.2 Å². The Bertz CT molecular complexity index is 873. The van der Waals surface area contributed by atoms with Gasteiger partial charge >= 0.3 is 0 Å². The molecule has 0 saturated carbocycles. The summed E-state index contributed by atoms with van der Waals surface area (Å²) in [6.07, 6.45) is 0. The molecule has 0 fully saturated rings. The number of anilines is 1. The molecule has 0 bridgehead atoms. The monoisotopic (exact) mass is 314 g/mol. The number of nitrogens with two attached hydrogens (primary N) is 1. The van der Waals surface area contributed by atoms with Crippen molar-refractivity contribution in [3.63, 3.8) is 0 Å². The number of hydrogen-bond donors (Lipinski definition) is 2. The van der Waals surface area contributed by atoms with Gasteiger partial charge in [0, 0.05) is 10.7 Å². The lowest BCUT2D eigenvalue weighted by Crippen LogP contribution is -2.33. The molecule has 0 aliphatic rings. The van der Waals surface area contributed by atoms with E-state index in [-0.39, 0.29) is 11.6 Å². The summed E-state index contributed by atoms with van der Waals surface area (Å²) in [5.74, 6) is 6.38. The summed E-state index contributed by atoms with van der Waals surface area (Å²) in [4.78, 5) is 16.8. The molecule has 6 heteroatoms. The Morgan fingerprint density at radius 1 is 1.18 bits per heavy atom. The highest BCUT2D eigenvalue weighted by Gasteiger charge is 2.14. The van der Waals surface area contributed by atoms with Crippen molar-refractivity contribution in [2.24, 2.45) is 0 Å². The van der Waals surface area contributed by atoms with Crippen LogP contribution in [0.15, 0.2) is 53.3 Å². The van der Waals surface area contributed by atoms with Gasteiger partial charge in [-0.15, -0.1) is 0 Å². The smallest absolute Gasteiger partial charge is 0.279 e. The number of aromatic nitrogens is 2. The lowest BCUT2D eigenvalue weighted by Gasteiger charge is -2.17. The van der Waals surface area contributed by atoms with Crippen molar-refractivity contribution in [3.8, 4) is 0 Å². The van der Waals surface area contributed by atoms with Crippen LogP contribution in [0, 0.1) is 0 Å². The molecular weight excluding hydrogens is 300 g/mol. The lowest BCUT2D eigenvalue weighted by molar-refractivity contribution is 0.714. The van der Waals surface area contributed by atoms with Gasteiger partial charge in [0.25, 0.3) is 5.56 Å². The zero-order valence-electron chi connectivity index (χ0n) is 12.0. The van der Waals surface area contributed by atoms with E-state index in [9.17, 15) is 4.79 Å². The van der Waals surface area contributed by atoms with Crippen LogP contribution in [0.1, 0.15) is 18.8 Å². The zero-order valence-corrected chi connectivity index (χ0v) is 12.7. The number of nitrogens with one attached hydrogen (secondary N) is 1. The summed E-state index contributed by atoms with van der Waals surface area (Å²) in [6.45, 7) is 1.90. The minimum Gasteiger partial charge on any atom is -0.375 e.